The molecule has 0 amide bonds. The van der Waals surface area contributed by atoms with Crippen LogP contribution >= 0.6 is 0 Å². The minimum atomic E-state index is -0.104. The van der Waals surface area contributed by atoms with Crippen molar-refractivity contribution in [2.24, 2.45) is 0 Å². The summed E-state index contributed by atoms with van der Waals surface area (Å²) in [6.07, 6.45) is 1.69. The highest BCUT2D eigenvalue weighted by Crippen LogP contribution is 2.09. The van der Waals surface area contributed by atoms with E-state index in [1.807, 2.05) is 24.3 Å². The maximum Gasteiger partial charge on any atom is 0.117 e. The van der Waals surface area contributed by atoms with E-state index in [2.05, 4.69) is 35.9 Å². The first-order chi connectivity index (χ1) is 9.28. The van der Waals surface area contributed by atoms with Crippen LogP contribution in [0.4, 0.5) is 0 Å². The van der Waals surface area contributed by atoms with Gasteiger partial charge in [-0.15, -0.1) is 0 Å². The van der Waals surface area contributed by atoms with E-state index in [0.29, 0.717) is 0 Å². The molecule has 0 bridgehead atoms. The van der Waals surface area contributed by atoms with Gasteiger partial charge in [0.1, 0.15) is 12.4 Å². The molecule has 3 heteroatoms. The fourth-order valence-electron chi connectivity index (χ4n) is 1.87. The molecule has 1 heterocycles. The van der Waals surface area contributed by atoms with Crippen LogP contribution in [0.15, 0.2) is 47.1 Å². The maximum absolute atomic E-state index is 8.63. The molecular weight excluding hydrogens is 238 g/mol. The first-order valence-corrected chi connectivity index (χ1v) is 6.17. The molecule has 0 saturated carbocycles. The van der Waals surface area contributed by atoms with Gasteiger partial charge in [0.25, 0.3) is 0 Å². The molecule has 2 rings (SSSR count). The van der Waals surface area contributed by atoms with E-state index in [1.165, 1.54) is 5.56 Å². The minimum Gasteiger partial charge on any atom is -0.468 e. The van der Waals surface area contributed by atoms with Crippen LogP contribution in [0.2, 0.25) is 0 Å². The van der Waals surface area contributed by atoms with Gasteiger partial charge < -0.3 is 9.52 Å². The first kappa shape index (κ1) is 13.4. The molecule has 0 fully saturated rings. The van der Waals surface area contributed by atoms with E-state index in [1.54, 1.807) is 6.26 Å². The van der Waals surface area contributed by atoms with E-state index in [9.17, 15) is 0 Å². The van der Waals surface area contributed by atoms with Crippen molar-refractivity contribution in [1.82, 2.24) is 4.90 Å². The number of rotatable bonds is 4. The van der Waals surface area contributed by atoms with Crippen molar-refractivity contribution in [3.05, 3.63) is 59.5 Å². The molecule has 1 N–H and O–H groups in total. The molecule has 0 spiro atoms. The maximum atomic E-state index is 8.63. The van der Waals surface area contributed by atoms with Crippen molar-refractivity contribution in [3.8, 4) is 11.8 Å². The van der Waals surface area contributed by atoms with Gasteiger partial charge in [-0.3, -0.25) is 4.90 Å². The molecule has 0 aliphatic heterocycles. The van der Waals surface area contributed by atoms with Crippen LogP contribution in [0.3, 0.4) is 0 Å². The standard InChI is InChI=1S/C16H17NO2/c1-17(13-16-5-3-11-19-16)12-15-8-6-14(7-9-15)4-2-10-18/h3,5-9,11,18H,10,12-13H2,1H3. The van der Waals surface area contributed by atoms with Gasteiger partial charge in [-0.05, 0) is 36.9 Å². The van der Waals surface area contributed by atoms with E-state index < -0.39 is 0 Å². The van der Waals surface area contributed by atoms with E-state index in [0.717, 1.165) is 24.4 Å². The van der Waals surface area contributed by atoms with E-state index in [4.69, 9.17) is 9.52 Å². The predicted molar refractivity (Wildman–Crippen MR) is 74.3 cm³/mol. The largest absolute Gasteiger partial charge is 0.468 e. The highest BCUT2D eigenvalue weighted by molar-refractivity contribution is 5.36. The Balaban J connectivity index is 1.92. The average molecular weight is 255 g/mol. The molecule has 0 atom stereocenters. The Hall–Kier alpha value is -2.02. The minimum absolute atomic E-state index is 0.104. The third-order valence-corrected chi connectivity index (χ3v) is 2.72. The summed E-state index contributed by atoms with van der Waals surface area (Å²) in [6.45, 7) is 1.54. The lowest BCUT2D eigenvalue weighted by atomic mass is 10.1. The van der Waals surface area contributed by atoms with Crippen molar-refractivity contribution in [2.45, 2.75) is 13.1 Å². The summed E-state index contributed by atoms with van der Waals surface area (Å²) in [5.41, 5.74) is 2.15. The quantitative estimate of drug-likeness (QED) is 0.851. The average Bonchev–Trinajstić information content (AvgIpc) is 2.90. The highest BCUT2D eigenvalue weighted by Gasteiger charge is 2.03. The number of furan rings is 1. The van der Waals surface area contributed by atoms with Crippen LogP contribution in [0.25, 0.3) is 0 Å². The zero-order valence-corrected chi connectivity index (χ0v) is 11.0. The highest BCUT2D eigenvalue weighted by atomic mass is 16.3. The molecule has 98 valence electrons. The number of aliphatic hydroxyl groups is 1. The van der Waals surface area contributed by atoms with Crippen LogP contribution in [0.5, 0.6) is 0 Å². The van der Waals surface area contributed by atoms with Crippen molar-refractivity contribution in [2.75, 3.05) is 13.7 Å². The fourth-order valence-corrected chi connectivity index (χ4v) is 1.87. The van der Waals surface area contributed by atoms with Crippen LogP contribution in [-0.2, 0) is 13.1 Å². The van der Waals surface area contributed by atoms with E-state index >= 15 is 0 Å². The third-order valence-electron chi connectivity index (χ3n) is 2.72. The Kier molecular flexibility index (Phi) is 4.79. The fraction of sp³-hybridized carbons (Fsp3) is 0.250. The molecule has 0 saturated heterocycles. The Morgan fingerprint density at radius 2 is 1.95 bits per heavy atom. The summed E-state index contributed by atoms with van der Waals surface area (Å²) < 4.78 is 5.32. The SMILES string of the molecule is CN(Cc1ccc(C#CCO)cc1)Cc1ccco1. The van der Waals surface area contributed by atoms with Crippen molar-refractivity contribution < 1.29 is 9.52 Å². The van der Waals surface area contributed by atoms with Gasteiger partial charge >= 0.3 is 0 Å². The summed E-state index contributed by atoms with van der Waals surface area (Å²) in [5, 5.41) is 8.63. The van der Waals surface area contributed by atoms with Gasteiger partial charge in [-0.2, -0.15) is 0 Å². The topological polar surface area (TPSA) is 36.6 Å². The Morgan fingerprint density at radius 3 is 2.58 bits per heavy atom. The summed E-state index contributed by atoms with van der Waals surface area (Å²) in [5.74, 6) is 6.49. The lowest BCUT2D eigenvalue weighted by Gasteiger charge is -2.15. The summed E-state index contributed by atoms with van der Waals surface area (Å²) in [6, 6.07) is 11.9. The van der Waals surface area contributed by atoms with E-state index in [-0.39, 0.29) is 6.61 Å². The summed E-state index contributed by atoms with van der Waals surface area (Å²) in [4.78, 5) is 2.19. The second-order valence-electron chi connectivity index (χ2n) is 4.41. The zero-order valence-electron chi connectivity index (χ0n) is 11.0. The Labute approximate surface area is 113 Å². The lowest BCUT2D eigenvalue weighted by molar-refractivity contribution is 0.288. The number of hydrogen-bond acceptors (Lipinski definition) is 3. The van der Waals surface area contributed by atoms with Crippen molar-refractivity contribution >= 4 is 0 Å². The second kappa shape index (κ2) is 6.79. The summed E-state index contributed by atoms with van der Waals surface area (Å²) >= 11 is 0. The molecule has 0 radical (unpaired) electrons. The third kappa shape index (κ3) is 4.29. The number of hydrogen-bond donors (Lipinski definition) is 1. The number of aliphatic hydroxyl groups excluding tert-OH is 1. The summed E-state index contributed by atoms with van der Waals surface area (Å²) in [7, 11) is 2.06. The molecule has 0 aliphatic rings. The van der Waals surface area contributed by atoms with Gasteiger partial charge in [0.05, 0.1) is 12.8 Å². The second-order valence-corrected chi connectivity index (χ2v) is 4.41. The molecule has 0 aliphatic carbocycles. The molecule has 2 aromatic rings. The lowest BCUT2D eigenvalue weighted by Crippen LogP contribution is -2.16. The van der Waals surface area contributed by atoms with Crippen molar-refractivity contribution in [1.29, 1.82) is 0 Å². The monoisotopic (exact) mass is 255 g/mol. The smallest absolute Gasteiger partial charge is 0.117 e. The zero-order chi connectivity index (χ0) is 13.5. The molecule has 3 nitrogen and oxygen atoms in total. The van der Waals surface area contributed by atoms with Gasteiger partial charge in [-0.25, -0.2) is 0 Å². The Morgan fingerprint density at radius 1 is 1.16 bits per heavy atom. The molecule has 1 aromatic carbocycles. The molecule has 19 heavy (non-hydrogen) atoms. The van der Waals surface area contributed by atoms with Crippen LogP contribution in [0.1, 0.15) is 16.9 Å². The molecular formula is C16H17NO2. The molecule has 0 unspecified atom stereocenters. The number of nitrogens with zero attached hydrogens (tertiary/aromatic N) is 1. The normalized spacial score (nSPS) is 10.3. The van der Waals surface area contributed by atoms with Crippen LogP contribution < -0.4 is 0 Å². The first-order valence-electron chi connectivity index (χ1n) is 6.17. The number of benzene rings is 1. The van der Waals surface area contributed by atoms with Gasteiger partial charge in [0.2, 0.25) is 0 Å². The predicted octanol–water partition coefficient (Wildman–Crippen LogP) is 2.26. The Bertz CT molecular complexity index is 547. The van der Waals surface area contributed by atoms with Gasteiger partial charge in [-0.1, -0.05) is 24.0 Å². The van der Waals surface area contributed by atoms with Crippen LogP contribution in [-0.4, -0.2) is 23.7 Å². The van der Waals surface area contributed by atoms with Gasteiger partial charge in [0.15, 0.2) is 0 Å². The van der Waals surface area contributed by atoms with Gasteiger partial charge in [0, 0.05) is 12.1 Å². The molecule has 1 aromatic heterocycles. The van der Waals surface area contributed by atoms with Crippen LogP contribution in [0, 0.1) is 11.8 Å². The van der Waals surface area contributed by atoms with Crippen molar-refractivity contribution in [3.63, 3.8) is 0 Å².